The van der Waals surface area contributed by atoms with Crippen LogP contribution in [0.25, 0.3) is 0 Å². The molecule has 2 heterocycles. The molecule has 13 heteroatoms. The standard InChI is InChI=1S/C27H30O13/c1-36-25-11(6-7-14-17(25)19(30)13-5-3-2-4-12(13)18(14)29)8-37-27-24(35)22(33)21(32)16(40-27)10-39-26-23(34)20(31)15(28)9-38-26/h2-7,15-16,20-24,26-28,31-35H,8-10H2,1H3/t15-,16-,20+,21-,22+,23-,24-,26+,27-/m1/s1. The fourth-order valence-electron chi connectivity index (χ4n) is 5.03. The Morgan fingerprint density at radius 2 is 1.45 bits per heavy atom. The molecule has 2 aliphatic heterocycles. The molecule has 0 amide bonds. The van der Waals surface area contributed by atoms with Gasteiger partial charge in [-0.25, -0.2) is 0 Å². The lowest BCUT2D eigenvalue weighted by atomic mass is 9.82. The number of benzene rings is 2. The van der Waals surface area contributed by atoms with Crippen molar-refractivity contribution in [3.8, 4) is 5.75 Å². The molecule has 0 radical (unpaired) electrons. The molecule has 2 aromatic rings. The number of hydrogen-bond donors (Lipinski definition) is 6. The van der Waals surface area contributed by atoms with Crippen molar-refractivity contribution in [1.82, 2.24) is 0 Å². The number of fused-ring (bicyclic) bond motifs is 2. The summed E-state index contributed by atoms with van der Waals surface area (Å²) in [6.07, 6.45) is -13.4. The Morgan fingerprint density at radius 1 is 0.775 bits per heavy atom. The zero-order chi connectivity index (χ0) is 28.7. The highest BCUT2D eigenvalue weighted by Crippen LogP contribution is 2.36. The molecule has 5 rings (SSSR count). The second-order valence-electron chi connectivity index (χ2n) is 9.79. The minimum absolute atomic E-state index is 0.0810. The third-order valence-electron chi connectivity index (χ3n) is 7.28. The van der Waals surface area contributed by atoms with E-state index >= 15 is 0 Å². The Balaban J connectivity index is 1.30. The van der Waals surface area contributed by atoms with E-state index in [1.54, 1.807) is 30.3 Å². The summed E-state index contributed by atoms with van der Waals surface area (Å²) in [5.41, 5.74) is 1.16. The lowest BCUT2D eigenvalue weighted by molar-refractivity contribution is -0.322. The monoisotopic (exact) mass is 562 g/mol. The van der Waals surface area contributed by atoms with Crippen LogP contribution in [0.3, 0.4) is 0 Å². The van der Waals surface area contributed by atoms with Crippen molar-refractivity contribution >= 4 is 11.6 Å². The molecule has 0 spiro atoms. The van der Waals surface area contributed by atoms with E-state index in [-0.39, 0.29) is 41.4 Å². The first-order valence-electron chi connectivity index (χ1n) is 12.6. The Hall–Kier alpha value is -2.82. The molecule has 13 nitrogen and oxygen atoms in total. The van der Waals surface area contributed by atoms with Crippen molar-refractivity contribution in [2.45, 2.75) is 61.9 Å². The van der Waals surface area contributed by atoms with Crippen LogP contribution in [-0.4, -0.2) is 118 Å². The molecule has 1 aliphatic carbocycles. The van der Waals surface area contributed by atoms with Crippen molar-refractivity contribution < 1.29 is 63.9 Å². The van der Waals surface area contributed by atoms with E-state index in [0.29, 0.717) is 11.1 Å². The quantitative estimate of drug-likeness (QED) is 0.189. The van der Waals surface area contributed by atoms with Crippen molar-refractivity contribution in [3.05, 3.63) is 64.2 Å². The summed E-state index contributed by atoms with van der Waals surface area (Å²) < 4.78 is 27.4. The summed E-state index contributed by atoms with van der Waals surface area (Å²) in [6.45, 7) is -1.01. The second-order valence-corrected chi connectivity index (χ2v) is 9.79. The van der Waals surface area contributed by atoms with Crippen LogP contribution in [-0.2, 0) is 25.6 Å². The van der Waals surface area contributed by atoms with Gasteiger partial charge in [-0.15, -0.1) is 0 Å². The number of carbonyl (C=O) groups is 2. The number of aliphatic hydroxyl groups is 6. The van der Waals surface area contributed by atoms with Crippen LogP contribution >= 0.6 is 0 Å². The first-order valence-corrected chi connectivity index (χ1v) is 12.6. The number of ketones is 2. The SMILES string of the molecule is COc1c(CO[C@@H]2O[C@H](CO[C@@H]3OC[C@@H](O)[C@H](O)[C@H]3O)[C@@H](O)[C@H](O)[C@H]2O)ccc2c1C(=O)c1ccccc1C2=O. The van der Waals surface area contributed by atoms with Gasteiger partial charge in [0.05, 0.1) is 32.5 Å². The van der Waals surface area contributed by atoms with Gasteiger partial charge < -0.3 is 54.3 Å². The van der Waals surface area contributed by atoms with E-state index in [9.17, 15) is 40.2 Å². The molecule has 2 aromatic carbocycles. The fourth-order valence-corrected chi connectivity index (χ4v) is 5.03. The van der Waals surface area contributed by atoms with Crippen LogP contribution in [0.1, 0.15) is 37.4 Å². The van der Waals surface area contributed by atoms with Gasteiger partial charge >= 0.3 is 0 Å². The maximum Gasteiger partial charge on any atom is 0.198 e. The number of ether oxygens (including phenoxy) is 5. The van der Waals surface area contributed by atoms with Gasteiger partial charge in [0.1, 0.15) is 48.5 Å². The van der Waals surface area contributed by atoms with Gasteiger partial charge in [0.25, 0.3) is 0 Å². The van der Waals surface area contributed by atoms with E-state index < -0.39 is 67.7 Å². The fraction of sp³-hybridized carbons (Fsp3) is 0.481. The average molecular weight is 563 g/mol. The molecule has 0 aromatic heterocycles. The normalized spacial score (nSPS) is 33.8. The Kier molecular flexibility index (Phi) is 8.31. The van der Waals surface area contributed by atoms with E-state index in [2.05, 4.69) is 0 Å². The topological polar surface area (TPSA) is 202 Å². The van der Waals surface area contributed by atoms with Gasteiger partial charge in [0.2, 0.25) is 0 Å². The third-order valence-corrected chi connectivity index (χ3v) is 7.28. The van der Waals surface area contributed by atoms with Gasteiger partial charge in [-0.3, -0.25) is 9.59 Å². The third kappa shape index (κ3) is 5.05. The van der Waals surface area contributed by atoms with Crippen molar-refractivity contribution in [2.24, 2.45) is 0 Å². The van der Waals surface area contributed by atoms with Crippen molar-refractivity contribution in [3.63, 3.8) is 0 Å². The second kappa shape index (κ2) is 11.6. The van der Waals surface area contributed by atoms with E-state index in [1.807, 2.05) is 0 Å². The number of rotatable bonds is 7. The predicted molar refractivity (Wildman–Crippen MR) is 131 cm³/mol. The maximum absolute atomic E-state index is 13.3. The summed E-state index contributed by atoms with van der Waals surface area (Å²) in [5, 5.41) is 60.7. The number of hydrogen-bond acceptors (Lipinski definition) is 13. The van der Waals surface area contributed by atoms with E-state index in [1.165, 1.54) is 13.2 Å². The zero-order valence-corrected chi connectivity index (χ0v) is 21.3. The van der Waals surface area contributed by atoms with Gasteiger partial charge in [0, 0.05) is 22.3 Å². The van der Waals surface area contributed by atoms with Crippen LogP contribution in [0.4, 0.5) is 0 Å². The highest BCUT2D eigenvalue weighted by Gasteiger charge is 2.46. The lowest BCUT2D eigenvalue weighted by Gasteiger charge is -2.41. The van der Waals surface area contributed by atoms with Gasteiger partial charge in [0.15, 0.2) is 24.1 Å². The molecule has 216 valence electrons. The highest BCUT2D eigenvalue weighted by atomic mass is 16.7. The van der Waals surface area contributed by atoms with Crippen LogP contribution in [0.2, 0.25) is 0 Å². The highest BCUT2D eigenvalue weighted by molar-refractivity contribution is 6.29. The van der Waals surface area contributed by atoms with Gasteiger partial charge in [-0.05, 0) is 6.07 Å². The van der Waals surface area contributed by atoms with Crippen molar-refractivity contribution in [2.75, 3.05) is 20.3 Å². The molecule has 6 N–H and O–H groups in total. The minimum atomic E-state index is -1.70. The largest absolute Gasteiger partial charge is 0.496 e. The van der Waals surface area contributed by atoms with E-state index in [0.717, 1.165) is 0 Å². The number of aliphatic hydroxyl groups excluding tert-OH is 6. The average Bonchev–Trinajstić information content (AvgIpc) is 2.97. The van der Waals surface area contributed by atoms with E-state index in [4.69, 9.17) is 23.7 Å². The molecule has 3 aliphatic rings. The number of methoxy groups -OCH3 is 1. The molecule has 0 unspecified atom stereocenters. The smallest absolute Gasteiger partial charge is 0.198 e. The predicted octanol–water partition coefficient (Wildman–Crippen LogP) is -1.75. The molecule has 40 heavy (non-hydrogen) atoms. The molecule has 2 saturated heterocycles. The number of carbonyl (C=O) groups excluding carboxylic acids is 2. The summed E-state index contributed by atoms with van der Waals surface area (Å²) in [4.78, 5) is 26.3. The van der Waals surface area contributed by atoms with Crippen LogP contribution < -0.4 is 4.74 Å². The van der Waals surface area contributed by atoms with Crippen LogP contribution in [0.15, 0.2) is 36.4 Å². The summed E-state index contributed by atoms with van der Waals surface area (Å²) in [7, 11) is 1.34. The maximum atomic E-state index is 13.3. The van der Waals surface area contributed by atoms with Gasteiger partial charge in [-0.2, -0.15) is 0 Å². The molecular formula is C27H30O13. The molecule has 2 fully saturated rings. The van der Waals surface area contributed by atoms with Crippen LogP contribution in [0, 0.1) is 0 Å². The molecule has 0 saturated carbocycles. The summed E-state index contributed by atoms with van der Waals surface area (Å²) in [5.74, 6) is -0.602. The van der Waals surface area contributed by atoms with Gasteiger partial charge in [-0.1, -0.05) is 30.3 Å². The summed E-state index contributed by atoms with van der Waals surface area (Å²) in [6, 6.07) is 9.49. The summed E-state index contributed by atoms with van der Waals surface area (Å²) >= 11 is 0. The molecular weight excluding hydrogens is 532 g/mol. The molecule has 0 bridgehead atoms. The first kappa shape index (κ1) is 28.7. The minimum Gasteiger partial charge on any atom is -0.496 e. The van der Waals surface area contributed by atoms with Crippen molar-refractivity contribution in [1.29, 1.82) is 0 Å². The first-order chi connectivity index (χ1) is 19.1. The Morgan fingerprint density at radius 3 is 2.15 bits per heavy atom. The lowest BCUT2D eigenvalue weighted by Crippen LogP contribution is -2.60. The Bertz CT molecular complexity index is 1260. The Labute approximate surface area is 228 Å². The van der Waals surface area contributed by atoms with Crippen LogP contribution in [0.5, 0.6) is 5.75 Å². The zero-order valence-electron chi connectivity index (χ0n) is 21.3. The molecule has 9 atom stereocenters.